The van der Waals surface area contributed by atoms with Gasteiger partial charge in [-0.3, -0.25) is 4.79 Å². The molecular formula is C14H19N3O3. The minimum atomic E-state index is -0.490. The molecule has 1 amide bonds. The van der Waals surface area contributed by atoms with Gasteiger partial charge in [0.2, 0.25) is 0 Å². The maximum Gasteiger partial charge on any atom is 0.410 e. The first-order valence-electron chi connectivity index (χ1n) is 6.85. The molecule has 0 spiro atoms. The van der Waals surface area contributed by atoms with Gasteiger partial charge in [0.1, 0.15) is 11.4 Å². The van der Waals surface area contributed by atoms with Gasteiger partial charge in [0.05, 0.1) is 5.41 Å². The third kappa shape index (κ3) is 2.09. The van der Waals surface area contributed by atoms with Crippen LogP contribution in [0.1, 0.15) is 39.4 Å². The second kappa shape index (κ2) is 4.07. The Balaban J connectivity index is 1.77. The number of carbonyl (C=O) groups is 1. The van der Waals surface area contributed by atoms with E-state index >= 15 is 0 Å². The van der Waals surface area contributed by atoms with Crippen molar-refractivity contribution in [3.8, 4) is 0 Å². The van der Waals surface area contributed by atoms with Crippen LogP contribution in [0.3, 0.4) is 0 Å². The molecule has 4 rings (SSSR count). The SMILES string of the molecule is CC(C)(C)OC(=O)N1CC2(c3nccc(=O)[nH]3)CC1C2. The Hall–Kier alpha value is -1.85. The largest absolute Gasteiger partial charge is 0.444 e. The quantitative estimate of drug-likeness (QED) is 0.842. The van der Waals surface area contributed by atoms with Gasteiger partial charge in [-0.2, -0.15) is 0 Å². The van der Waals surface area contributed by atoms with Gasteiger partial charge in [-0.15, -0.1) is 0 Å². The molecule has 6 nitrogen and oxygen atoms in total. The first-order chi connectivity index (χ1) is 9.29. The highest BCUT2D eigenvalue weighted by atomic mass is 16.6. The second-order valence-electron chi connectivity index (χ2n) is 6.73. The van der Waals surface area contributed by atoms with Crippen molar-refractivity contribution in [1.82, 2.24) is 14.9 Å². The second-order valence-corrected chi connectivity index (χ2v) is 6.73. The Bertz CT molecular complexity index is 596. The van der Waals surface area contributed by atoms with Crippen LogP contribution in [0, 0.1) is 0 Å². The summed E-state index contributed by atoms with van der Waals surface area (Å²) in [5.74, 6) is 0.687. The van der Waals surface area contributed by atoms with Crippen molar-refractivity contribution in [2.45, 2.75) is 50.7 Å². The van der Waals surface area contributed by atoms with Crippen molar-refractivity contribution in [2.75, 3.05) is 6.54 Å². The number of hydrogen-bond donors (Lipinski definition) is 1. The monoisotopic (exact) mass is 277 g/mol. The molecule has 20 heavy (non-hydrogen) atoms. The molecule has 1 aromatic heterocycles. The standard InChI is InChI=1S/C14H19N3O3/c1-13(2,3)20-12(19)17-8-14(6-9(17)7-14)11-15-5-4-10(18)16-11/h4-5,9H,6-8H2,1-3H3,(H,15,16,18). The summed E-state index contributed by atoms with van der Waals surface area (Å²) in [6.45, 7) is 6.14. The average Bonchev–Trinajstić information content (AvgIpc) is 2.81. The summed E-state index contributed by atoms with van der Waals surface area (Å²) >= 11 is 0. The van der Waals surface area contributed by atoms with Crippen molar-refractivity contribution >= 4 is 6.09 Å². The van der Waals surface area contributed by atoms with E-state index in [2.05, 4.69) is 9.97 Å². The molecule has 1 aromatic rings. The molecule has 1 N–H and O–H groups in total. The lowest BCUT2D eigenvalue weighted by Gasteiger charge is -2.35. The number of hydrogen-bond acceptors (Lipinski definition) is 4. The zero-order valence-electron chi connectivity index (χ0n) is 12.0. The molecule has 0 atom stereocenters. The predicted molar refractivity (Wildman–Crippen MR) is 72.5 cm³/mol. The number of rotatable bonds is 1. The van der Waals surface area contributed by atoms with Crippen LogP contribution in [-0.2, 0) is 10.2 Å². The summed E-state index contributed by atoms with van der Waals surface area (Å²) in [7, 11) is 0. The van der Waals surface area contributed by atoms with Crippen LogP contribution in [0.4, 0.5) is 4.79 Å². The van der Waals surface area contributed by atoms with Gasteiger partial charge in [-0.1, -0.05) is 0 Å². The topological polar surface area (TPSA) is 75.3 Å². The van der Waals surface area contributed by atoms with Crippen LogP contribution in [0.2, 0.25) is 0 Å². The molecule has 6 heteroatoms. The fourth-order valence-corrected chi connectivity index (χ4v) is 3.09. The summed E-state index contributed by atoms with van der Waals surface area (Å²) in [6, 6.07) is 1.60. The van der Waals surface area contributed by atoms with Gasteiger partial charge in [-0.05, 0) is 33.6 Å². The molecule has 0 radical (unpaired) electrons. The maximum absolute atomic E-state index is 12.1. The number of nitrogens with zero attached hydrogens (tertiary/aromatic N) is 2. The van der Waals surface area contributed by atoms with Crippen molar-refractivity contribution in [3.63, 3.8) is 0 Å². The Morgan fingerprint density at radius 1 is 1.50 bits per heavy atom. The summed E-state index contributed by atoms with van der Waals surface area (Å²) in [5.41, 5.74) is -0.832. The van der Waals surface area contributed by atoms with E-state index in [1.807, 2.05) is 20.8 Å². The van der Waals surface area contributed by atoms with Crippen LogP contribution in [0.25, 0.3) is 0 Å². The Morgan fingerprint density at radius 2 is 2.20 bits per heavy atom. The number of fused-ring (bicyclic) bond motifs is 1. The van der Waals surface area contributed by atoms with Gasteiger partial charge in [0.15, 0.2) is 0 Å². The molecule has 0 aromatic carbocycles. The minimum absolute atomic E-state index is 0.149. The molecule has 3 heterocycles. The fourth-order valence-electron chi connectivity index (χ4n) is 3.09. The lowest BCUT2D eigenvalue weighted by molar-refractivity contribution is 0.0246. The first-order valence-corrected chi connectivity index (χ1v) is 6.85. The molecule has 2 aliphatic heterocycles. The number of H-pyrrole nitrogens is 1. The third-order valence-corrected chi connectivity index (χ3v) is 3.97. The van der Waals surface area contributed by atoms with Gasteiger partial charge >= 0.3 is 6.09 Å². The molecule has 2 saturated heterocycles. The first kappa shape index (κ1) is 13.1. The molecule has 1 saturated carbocycles. The normalized spacial score (nSPS) is 28.1. The summed E-state index contributed by atoms with van der Waals surface area (Å²) in [5, 5.41) is 0. The summed E-state index contributed by atoms with van der Waals surface area (Å²) in [6.07, 6.45) is 2.94. The van der Waals surface area contributed by atoms with E-state index in [1.165, 1.54) is 12.3 Å². The number of carbonyl (C=O) groups excluding carboxylic acids is 1. The Morgan fingerprint density at radius 3 is 2.80 bits per heavy atom. The highest BCUT2D eigenvalue weighted by Crippen LogP contribution is 2.52. The van der Waals surface area contributed by atoms with E-state index in [0.717, 1.165) is 12.8 Å². The van der Waals surface area contributed by atoms with E-state index in [1.54, 1.807) is 4.90 Å². The van der Waals surface area contributed by atoms with Gasteiger partial charge in [-0.25, -0.2) is 9.78 Å². The number of aromatic nitrogens is 2. The molecule has 0 unspecified atom stereocenters. The third-order valence-electron chi connectivity index (χ3n) is 3.97. The lowest BCUT2D eigenvalue weighted by Crippen LogP contribution is -2.41. The summed E-state index contributed by atoms with van der Waals surface area (Å²) < 4.78 is 5.42. The van der Waals surface area contributed by atoms with E-state index in [0.29, 0.717) is 12.4 Å². The molecule has 1 aliphatic carbocycles. The predicted octanol–water partition coefficient (Wildman–Crippen LogP) is 1.42. The maximum atomic E-state index is 12.1. The van der Waals surface area contributed by atoms with Crippen LogP contribution in [0.5, 0.6) is 0 Å². The van der Waals surface area contributed by atoms with Crippen LogP contribution in [-0.4, -0.2) is 39.1 Å². The zero-order valence-corrected chi connectivity index (χ0v) is 12.0. The minimum Gasteiger partial charge on any atom is -0.444 e. The van der Waals surface area contributed by atoms with Gasteiger partial charge in [0.25, 0.3) is 5.56 Å². The highest BCUT2D eigenvalue weighted by molar-refractivity contribution is 5.70. The molecule has 108 valence electrons. The molecule has 3 aliphatic rings. The van der Waals surface area contributed by atoms with Crippen molar-refractivity contribution in [1.29, 1.82) is 0 Å². The van der Waals surface area contributed by atoms with E-state index in [-0.39, 0.29) is 23.1 Å². The number of amides is 1. The van der Waals surface area contributed by atoms with Crippen LogP contribution in [0.15, 0.2) is 17.1 Å². The number of nitrogens with one attached hydrogen (secondary N) is 1. The van der Waals surface area contributed by atoms with E-state index in [9.17, 15) is 9.59 Å². The van der Waals surface area contributed by atoms with Crippen molar-refractivity contribution in [2.24, 2.45) is 0 Å². The van der Waals surface area contributed by atoms with E-state index < -0.39 is 5.60 Å². The van der Waals surface area contributed by atoms with Gasteiger partial charge < -0.3 is 14.6 Å². The Kier molecular flexibility index (Phi) is 2.68. The van der Waals surface area contributed by atoms with Gasteiger partial charge in [0, 0.05) is 24.8 Å². The smallest absolute Gasteiger partial charge is 0.410 e. The molecular weight excluding hydrogens is 258 g/mol. The number of ether oxygens (including phenoxy) is 1. The van der Waals surface area contributed by atoms with E-state index in [4.69, 9.17) is 4.74 Å². The zero-order chi connectivity index (χ0) is 14.5. The number of aromatic amines is 1. The lowest BCUT2D eigenvalue weighted by atomic mass is 9.69. The summed E-state index contributed by atoms with van der Waals surface area (Å²) in [4.78, 5) is 32.4. The van der Waals surface area contributed by atoms with Crippen LogP contribution < -0.4 is 5.56 Å². The fraction of sp³-hybridized carbons (Fsp3) is 0.643. The average molecular weight is 277 g/mol. The highest BCUT2D eigenvalue weighted by Gasteiger charge is 2.59. The van der Waals surface area contributed by atoms with Crippen molar-refractivity contribution < 1.29 is 9.53 Å². The van der Waals surface area contributed by atoms with Crippen molar-refractivity contribution in [3.05, 3.63) is 28.4 Å². The van der Waals surface area contributed by atoms with Crippen LogP contribution >= 0.6 is 0 Å². The Labute approximate surface area is 117 Å². The molecule has 3 fully saturated rings. The molecule has 2 bridgehead atoms.